The zero-order chi connectivity index (χ0) is 13.8. The number of benzene rings is 1. The summed E-state index contributed by atoms with van der Waals surface area (Å²) >= 11 is 0. The monoisotopic (exact) mass is 269 g/mol. The minimum Gasteiger partial charge on any atom is -0.329 e. The molecule has 1 aromatic carbocycles. The fourth-order valence-electron chi connectivity index (χ4n) is 2.42. The quantitative estimate of drug-likeness (QED) is 0.897. The minimum atomic E-state index is -0.383. The second-order valence-electron chi connectivity index (χ2n) is 5.13. The number of nitrogens with zero attached hydrogens (tertiary/aromatic N) is 2. The van der Waals surface area contributed by atoms with Crippen LogP contribution in [-0.2, 0) is 6.54 Å². The molecule has 1 heterocycles. The number of hydrogen-bond donors (Lipinski definition) is 1. The van der Waals surface area contributed by atoms with Crippen molar-refractivity contribution in [2.24, 2.45) is 5.73 Å². The van der Waals surface area contributed by atoms with Crippen LogP contribution in [0.15, 0.2) is 18.2 Å². The van der Waals surface area contributed by atoms with E-state index in [4.69, 9.17) is 5.73 Å². The summed E-state index contributed by atoms with van der Waals surface area (Å²) in [5.74, 6) is -0.717. The van der Waals surface area contributed by atoms with Crippen molar-refractivity contribution in [3.63, 3.8) is 0 Å². The highest BCUT2D eigenvalue weighted by molar-refractivity contribution is 5.18. The number of rotatable bonds is 4. The van der Waals surface area contributed by atoms with Crippen LogP contribution in [-0.4, -0.2) is 48.6 Å². The molecule has 3 nitrogen and oxygen atoms in total. The summed E-state index contributed by atoms with van der Waals surface area (Å²) in [6.45, 7) is 6.81. The molecule has 0 saturated carbocycles. The van der Waals surface area contributed by atoms with Crippen molar-refractivity contribution < 1.29 is 8.78 Å². The van der Waals surface area contributed by atoms with Gasteiger partial charge in [0.2, 0.25) is 0 Å². The van der Waals surface area contributed by atoms with Crippen molar-refractivity contribution in [2.75, 3.05) is 32.7 Å². The first-order valence-electron chi connectivity index (χ1n) is 6.70. The molecule has 1 aromatic rings. The summed E-state index contributed by atoms with van der Waals surface area (Å²) in [6, 6.07) is 4.01. The third kappa shape index (κ3) is 3.72. The maximum atomic E-state index is 13.6. The van der Waals surface area contributed by atoms with E-state index in [1.807, 2.05) is 0 Å². The van der Waals surface area contributed by atoms with Crippen molar-refractivity contribution in [1.29, 1.82) is 0 Å². The molecular formula is C14H21F2N3. The Hall–Kier alpha value is -1.04. The number of halogens is 2. The van der Waals surface area contributed by atoms with Gasteiger partial charge in [0, 0.05) is 50.9 Å². The van der Waals surface area contributed by atoms with Crippen LogP contribution in [0.2, 0.25) is 0 Å². The Labute approximate surface area is 113 Å². The molecule has 0 bridgehead atoms. The van der Waals surface area contributed by atoms with Gasteiger partial charge in [-0.3, -0.25) is 9.80 Å². The van der Waals surface area contributed by atoms with E-state index < -0.39 is 0 Å². The Morgan fingerprint density at radius 1 is 1.21 bits per heavy atom. The van der Waals surface area contributed by atoms with E-state index in [0.717, 1.165) is 32.2 Å². The SMILES string of the molecule is CC(CN)N1CCN(Cc2cc(F)ccc2F)CC1. The van der Waals surface area contributed by atoms with Gasteiger partial charge in [0.1, 0.15) is 11.6 Å². The normalized spacial score (nSPS) is 19.6. The first-order valence-corrected chi connectivity index (χ1v) is 6.70. The average Bonchev–Trinajstić information content (AvgIpc) is 2.43. The molecule has 19 heavy (non-hydrogen) atoms. The highest BCUT2D eigenvalue weighted by Gasteiger charge is 2.20. The fraction of sp³-hybridized carbons (Fsp3) is 0.571. The lowest BCUT2D eigenvalue weighted by Gasteiger charge is -2.37. The van der Waals surface area contributed by atoms with Crippen LogP contribution in [0.1, 0.15) is 12.5 Å². The van der Waals surface area contributed by atoms with Crippen LogP contribution in [0, 0.1) is 11.6 Å². The second kappa shape index (κ2) is 6.41. The van der Waals surface area contributed by atoms with Crippen LogP contribution in [0.5, 0.6) is 0 Å². The molecule has 0 radical (unpaired) electrons. The Bertz CT molecular complexity index is 417. The molecule has 5 heteroatoms. The van der Waals surface area contributed by atoms with E-state index in [9.17, 15) is 8.78 Å². The van der Waals surface area contributed by atoms with Crippen molar-refractivity contribution in [3.8, 4) is 0 Å². The molecule has 0 aliphatic carbocycles. The summed E-state index contributed by atoms with van der Waals surface area (Å²) in [7, 11) is 0. The Kier molecular flexibility index (Phi) is 4.85. The molecule has 1 aliphatic rings. The lowest BCUT2D eigenvalue weighted by Crippen LogP contribution is -2.51. The number of hydrogen-bond acceptors (Lipinski definition) is 3. The average molecular weight is 269 g/mol. The van der Waals surface area contributed by atoms with Gasteiger partial charge in [-0.2, -0.15) is 0 Å². The molecule has 1 saturated heterocycles. The van der Waals surface area contributed by atoms with Gasteiger partial charge in [-0.1, -0.05) is 0 Å². The molecule has 1 fully saturated rings. The maximum absolute atomic E-state index is 13.6. The zero-order valence-electron chi connectivity index (χ0n) is 11.3. The predicted molar refractivity (Wildman–Crippen MR) is 71.7 cm³/mol. The van der Waals surface area contributed by atoms with E-state index in [1.54, 1.807) is 0 Å². The van der Waals surface area contributed by atoms with Crippen molar-refractivity contribution in [2.45, 2.75) is 19.5 Å². The summed E-state index contributed by atoms with van der Waals surface area (Å²) in [5, 5.41) is 0. The summed E-state index contributed by atoms with van der Waals surface area (Å²) < 4.78 is 26.7. The second-order valence-corrected chi connectivity index (χ2v) is 5.13. The molecule has 0 aromatic heterocycles. The van der Waals surface area contributed by atoms with Gasteiger partial charge < -0.3 is 5.73 Å². The van der Waals surface area contributed by atoms with Gasteiger partial charge >= 0.3 is 0 Å². The molecule has 1 atom stereocenters. The molecule has 2 N–H and O–H groups in total. The first kappa shape index (κ1) is 14.4. The van der Waals surface area contributed by atoms with E-state index in [0.29, 0.717) is 24.7 Å². The molecule has 2 rings (SSSR count). The van der Waals surface area contributed by atoms with Gasteiger partial charge in [0.25, 0.3) is 0 Å². The van der Waals surface area contributed by atoms with Crippen LogP contribution in [0.4, 0.5) is 8.78 Å². The van der Waals surface area contributed by atoms with Gasteiger partial charge in [0.05, 0.1) is 0 Å². The number of nitrogens with two attached hydrogens (primary N) is 1. The first-order chi connectivity index (χ1) is 9.10. The van der Waals surface area contributed by atoms with Gasteiger partial charge in [-0.15, -0.1) is 0 Å². The minimum absolute atomic E-state index is 0.334. The predicted octanol–water partition coefficient (Wildman–Crippen LogP) is 1.43. The number of piperazine rings is 1. The summed E-state index contributed by atoms with van der Waals surface area (Å²) in [6.07, 6.45) is 0. The molecule has 0 spiro atoms. The summed E-state index contributed by atoms with van der Waals surface area (Å²) in [5.41, 5.74) is 6.08. The van der Waals surface area contributed by atoms with Crippen molar-refractivity contribution >= 4 is 0 Å². The topological polar surface area (TPSA) is 32.5 Å². The standard InChI is InChI=1S/C14H21F2N3/c1-11(9-17)19-6-4-18(5-7-19)10-12-8-13(15)2-3-14(12)16/h2-3,8,11H,4-7,9-10,17H2,1H3. The maximum Gasteiger partial charge on any atom is 0.127 e. The van der Waals surface area contributed by atoms with E-state index >= 15 is 0 Å². The highest BCUT2D eigenvalue weighted by Crippen LogP contribution is 2.14. The van der Waals surface area contributed by atoms with Crippen molar-refractivity contribution in [3.05, 3.63) is 35.4 Å². The van der Waals surface area contributed by atoms with Gasteiger partial charge in [0.15, 0.2) is 0 Å². The molecule has 0 amide bonds. The lowest BCUT2D eigenvalue weighted by molar-refractivity contribution is 0.0997. The molecular weight excluding hydrogens is 248 g/mol. The highest BCUT2D eigenvalue weighted by atomic mass is 19.1. The van der Waals surface area contributed by atoms with Gasteiger partial charge in [-0.25, -0.2) is 8.78 Å². The third-order valence-corrected chi connectivity index (χ3v) is 3.77. The largest absolute Gasteiger partial charge is 0.329 e. The smallest absolute Gasteiger partial charge is 0.127 e. The van der Waals surface area contributed by atoms with E-state index in [1.165, 1.54) is 12.1 Å². The Morgan fingerprint density at radius 2 is 1.89 bits per heavy atom. The molecule has 1 unspecified atom stereocenters. The lowest BCUT2D eigenvalue weighted by atomic mass is 10.1. The van der Waals surface area contributed by atoms with E-state index in [-0.39, 0.29) is 11.6 Å². The fourth-order valence-corrected chi connectivity index (χ4v) is 2.42. The Balaban J connectivity index is 1.90. The zero-order valence-corrected chi connectivity index (χ0v) is 11.3. The van der Waals surface area contributed by atoms with Crippen molar-refractivity contribution in [1.82, 2.24) is 9.80 Å². The van der Waals surface area contributed by atoms with Crippen LogP contribution in [0.3, 0.4) is 0 Å². The third-order valence-electron chi connectivity index (χ3n) is 3.77. The van der Waals surface area contributed by atoms with Crippen LogP contribution < -0.4 is 5.73 Å². The molecule has 106 valence electrons. The molecule has 1 aliphatic heterocycles. The van der Waals surface area contributed by atoms with E-state index in [2.05, 4.69) is 16.7 Å². The van der Waals surface area contributed by atoms with Crippen LogP contribution >= 0.6 is 0 Å². The van der Waals surface area contributed by atoms with Crippen LogP contribution in [0.25, 0.3) is 0 Å². The summed E-state index contributed by atoms with van der Waals surface area (Å²) in [4.78, 5) is 4.48. The van der Waals surface area contributed by atoms with Gasteiger partial charge in [-0.05, 0) is 25.1 Å². The Morgan fingerprint density at radius 3 is 2.53 bits per heavy atom.